The third kappa shape index (κ3) is 4.46. The molecule has 0 aliphatic carbocycles. The van der Waals surface area contributed by atoms with Gasteiger partial charge in [-0.05, 0) is 35.9 Å². The number of hydrogen-bond acceptors (Lipinski definition) is 7. The minimum atomic E-state index is -4.08. The maximum absolute atomic E-state index is 12.4. The first-order valence-electron chi connectivity index (χ1n) is 8.79. The van der Waals surface area contributed by atoms with Crippen molar-refractivity contribution in [3.8, 4) is 22.9 Å². The molecule has 0 saturated carbocycles. The lowest BCUT2D eigenvalue weighted by Gasteiger charge is -2.24. The van der Waals surface area contributed by atoms with Crippen molar-refractivity contribution in [3.05, 3.63) is 42.5 Å². The molecular weight excluding hydrogens is 380 g/mol. The molecule has 0 unspecified atom stereocenters. The van der Waals surface area contributed by atoms with Crippen LogP contribution in [0.25, 0.3) is 11.4 Å². The molecule has 1 aromatic heterocycles. The minimum Gasteiger partial charge on any atom is -0.454 e. The molecule has 0 amide bonds. The van der Waals surface area contributed by atoms with Crippen LogP contribution in [0, 0.1) is 0 Å². The third-order valence-corrected chi connectivity index (χ3v) is 5.08. The summed E-state index contributed by atoms with van der Waals surface area (Å²) in [6, 6.07) is 12.1. The van der Waals surface area contributed by atoms with Crippen molar-refractivity contribution in [2.24, 2.45) is 5.14 Å². The molecule has 3 aromatic rings. The Labute approximate surface area is 163 Å². The molecule has 3 N–H and O–H groups in total. The summed E-state index contributed by atoms with van der Waals surface area (Å²) in [7, 11) is -2.21. The zero-order valence-electron chi connectivity index (χ0n) is 15.7. The second-order valence-electron chi connectivity index (χ2n) is 6.29. The van der Waals surface area contributed by atoms with Gasteiger partial charge in [-0.1, -0.05) is 31.5 Å². The second-order valence-corrected chi connectivity index (χ2v) is 7.82. The van der Waals surface area contributed by atoms with Crippen molar-refractivity contribution in [2.45, 2.75) is 24.7 Å². The number of unbranched alkanes of at least 4 members (excludes halogenated alkanes) is 1. The Morgan fingerprint density at radius 2 is 1.96 bits per heavy atom. The Bertz CT molecular complexity index is 1020. The third-order valence-electron chi connectivity index (χ3n) is 4.17. The molecular formula is C18H22N6O3S. The van der Waals surface area contributed by atoms with Gasteiger partial charge in [-0.2, -0.15) is 5.21 Å². The molecule has 0 spiro atoms. The van der Waals surface area contributed by atoms with E-state index < -0.39 is 10.0 Å². The molecule has 0 radical (unpaired) electrons. The lowest BCUT2D eigenvalue weighted by molar-refractivity contribution is 0.467. The summed E-state index contributed by atoms with van der Waals surface area (Å²) in [5.74, 6) is 0.936. The van der Waals surface area contributed by atoms with Crippen LogP contribution in [0.1, 0.15) is 19.8 Å². The van der Waals surface area contributed by atoms with E-state index in [-0.39, 0.29) is 16.5 Å². The largest absolute Gasteiger partial charge is 0.454 e. The number of rotatable bonds is 8. The average Bonchev–Trinajstić information content (AvgIpc) is 3.21. The Hall–Kier alpha value is -2.98. The van der Waals surface area contributed by atoms with Crippen molar-refractivity contribution >= 4 is 15.7 Å². The molecule has 10 heteroatoms. The van der Waals surface area contributed by atoms with Crippen molar-refractivity contribution in [2.75, 3.05) is 18.5 Å². The molecule has 0 fully saturated rings. The Kier molecular flexibility index (Phi) is 5.90. The summed E-state index contributed by atoms with van der Waals surface area (Å²) in [6.07, 6.45) is 1.92. The monoisotopic (exact) mass is 402 g/mol. The van der Waals surface area contributed by atoms with Gasteiger partial charge in [0.2, 0.25) is 15.8 Å². The van der Waals surface area contributed by atoms with E-state index in [9.17, 15) is 8.42 Å². The number of nitrogens with one attached hydrogen (secondary N) is 1. The average molecular weight is 402 g/mol. The van der Waals surface area contributed by atoms with Crippen LogP contribution in [0.15, 0.2) is 47.4 Å². The van der Waals surface area contributed by atoms with Crippen LogP contribution in [0.5, 0.6) is 11.5 Å². The molecule has 0 aliphatic heterocycles. The molecule has 1 heterocycles. The normalized spacial score (nSPS) is 11.4. The maximum Gasteiger partial charge on any atom is 0.241 e. The molecule has 0 saturated heterocycles. The molecule has 0 aliphatic rings. The number of aromatic amines is 1. The topological polar surface area (TPSA) is 127 Å². The number of benzene rings is 2. The number of tetrazole rings is 1. The number of H-pyrrole nitrogens is 1. The van der Waals surface area contributed by atoms with Gasteiger partial charge in [0.15, 0.2) is 5.75 Å². The minimum absolute atomic E-state index is 0.142. The molecule has 0 bridgehead atoms. The number of ether oxygens (including phenoxy) is 1. The summed E-state index contributed by atoms with van der Waals surface area (Å²) < 4.78 is 30.7. The van der Waals surface area contributed by atoms with Gasteiger partial charge in [-0.3, -0.25) is 0 Å². The number of aromatic nitrogens is 4. The highest BCUT2D eigenvalue weighted by Gasteiger charge is 2.24. The molecule has 28 heavy (non-hydrogen) atoms. The van der Waals surface area contributed by atoms with Gasteiger partial charge in [-0.25, -0.2) is 13.6 Å². The summed E-state index contributed by atoms with van der Waals surface area (Å²) in [5.41, 5.74) is 1.04. The van der Waals surface area contributed by atoms with E-state index in [0.717, 1.165) is 12.8 Å². The first-order valence-corrected chi connectivity index (χ1v) is 10.3. The maximum atomic E-state index is 12.4. The fourth-order valence-corrected chi connectivity index (χ4v) is 3.42. The van der Waals surface area contributed by atoms with Crippen LogP contribution >= 0.6 is 0 Å². The zero-order valence-corrected chi connectivity index (χ0v) is 16.5. The van der Waals surface area contributed by atoms with Crippen LogP contribution < -0.4 is 14.8 Å². The van der Waals surface area contributed by atoms with Gasteiger partial charge in [0.1, 0.15) is 10.6 Å². The highest BCUT2D eigenvalue weighted by Crippen LogP contribution is 2.40. The van der Waals surface area contributed by atoms with Crippen LogP contribution in [0.3, 0.4) is 0 Å². The lowest BCUT2D eigenvalue weighted by Crippen LogP contribution is -2.21. The van der Waals surface area contributed by atoms with Crippen molar-refractivity contribution < 1.29 is 13.2 Å². The molecule has 2 aromatic carbocycles. The smallest absolute Gasteiger partial charge is 0.241 e. The quantitative estimate of drug-likeness (QED) is 0.592. The van der Waals surface area contributed by atoms with Crippen LogP contribution in [-0.2, 0) is 10.0 Å². The van der Waals surface area contributed by atoms with E-state index in [2.05, 4.69) is 27.5 Å². The van der Waals surface area contributed by atoms with Crippen LogP contribution in [0.2, 0.25) is 0 Å². The SMILES string of the molecule is CCCCN(C)c1cc(-c2nn[nH]n2)cc(S(N)(=O)=O)c1Oc1ccccc1. The Morgan fingerprint density at radius 1 is 1.21 bits per heavy atom. The van der Waals surface area contributed by atoms with E-state index in [1.807, 2.05) is 18.0 Å². The molecule has 3 rings (SSSR count). The van der Waals surface area contributed by atoms with E-state index >= 15 is 0 Å². The fraction of sp³-hybridized carbons (Fsp3) is 0.278. The van der Waals surface area contributed by atoms with E-state index in [1.165, 1.54) is 6.07 Å². The van der Waals surface area contributed by atoms with Crippen LogP contribution in [0.4, 0.5) is 5.69 Å². The fourth-order valence-electron chi connectivity index (χ4n) is 2.72. The number of nitrogens with zero attached hydrogens (tertiary/aromatic N) is 4. The van der Waals surface area contributed by atoms with Crippen molar-refractivity contribution in [1.82, 2.24) is 20.6 Å². The Balaban J connectivity index is 2.20. The van der Waals surface area contributed by atoms with Gasteiger partial charge < -0.3 is 9.64 Å². The number of para-hydroxylation sites is 1. The standard InChI is InChI=1S/C18H22N6O3S/c1-3-4-10-24(2)15-11-13(18-20-22-23-21-18)12-16(28(19,25)26)17(15)27-14-8-6-5-7-9-14/h5-9,11-12H,3-4,10H2,1-2H3,(H2,19,25,26)(H,20,21,22,23). The zero-order chi connectivity index (χ0) is 20.1. The van der Waals surface area contributed by atoms with Crippen molar-refractivity contribution in [3.63, 3.8) is 0 Å². The van der Waals surface area contributed by atoms with Gasteiger partial charge in [-0.15, -0.1) is 10.2 Å². The van der Waals surface area contributed by atoms with E-state index in [4.69, 9.17) is 9.88 Å². The lowest BCUT2D eigenvalue weighted by atomic mass is 10.1. The number of hydrogen-bond donors (Lipinski definition) is 2. The van der Waals surface area contributed by atoms with E-state index in [1.54, 1.807) is 30.3 Å². The summed E-state index contributed by atoms with van der Waals surface area (Å²) in [4.78, 5) is 1.79. The molecule has 0 atom stereocenters. The number of nitrogens with two attached hydrogens (primary N) is 1. The number of anilines is 1. The summed E-state index contributed by atoms with van der Waals surface area (Å²) in [6.45, 7) is 2.79. The van der Waals surface area contributed by atoms with Gasteiger partial charge in [0, 0.05) is 19.2 Å². The first-order chi connectivity index (χ1) is 13.4. The van der Waals surface area contributed by atoms with Gasteiger partial charge in [0.25, 0.3) is 0 Å². The summed E-state index contributed by atoms with van der Waals surface area (Å²) in [5, 5.41) is 19.3. The van der Waals surface area contributed by atoms with E-state index in [0.29, 0.717) is 23.5 Å². The first kappa shape index (κ1) is 19.8. The highest BCUT2D eigenvalue weighted by molar-refractivity contribution is 7.89. The molecule has 9 nitrogen and oxygen atoms in total. The molecule has 148 valence electrons. The second kappa shape index (κ2) is 8.36. The summed E-state index contributed by atoms with van der Waals surface area (Å²) >= 11 is 0. The number of primary sulfonamides is 1. The number of sulfonamides is 1. The highest BCUT2D eigenvalue weighted by atomic mass is 32.2. The van der Waals surface area contributed by atoms with Crippen LogP contribution in [-0.4, -0.2) is 42.6 Å². The van der Waals surface area contributed by atoms with Crippen molar-refractivity contribution in [1.29, 1.82) is 0 Å². The predicted octanol–water partition coefficient (Wildman–Crippen LogP) is 2.54. The van der Waals surface area contributed by atoms with Gasteiger partial charge >= 0.3 is 0 Å². The Morgan fingerprint density at radius 3 is 2.57 bits per heavy atom. The predicted molar refractivity (Wildman–Crippen MR) is 106 cm³/mol. The van der Waals surface area contributed by atoms with Gasteiger partial charge in [0.05, 0.1) is 5.69 Å².